The molecule has 4 nitrogen and oxygen atoms in total. The Balaban J connectivity index is 1.92. The van der Waals surface area contributed by atoms with E-state index >= 15 is 0 Å². The third-order valence-electron chi connectivity index (χ3n) is 3.38. The molecule has 0 aliphatic carbocycles. The van der Waals surface area contributed by atoms with Gasteiger partial charge in [-0.05, 0) is 44.9 Å². The fourth-order valence-corrected chi connectivity index (χ4v) is 2.55. The van der Waals surface area contributed by atoms with E-state index in [-0.39, 0.29) is 6.09 Å². The van der Waals surface area contributed by atoms with Crippen LogP contribution in [0.1, 0.15) is 31.9 Å². The molecule has 2 rings (SSSR count). The van der Waals surface area contributed by atoms with E-state index in [1.54, 1.807) is 0 Å². The zero-order valence-corrected chi connectivity index (χ0v) is 13.7. The Labute approximate surface area is 130 Å². The molecule has 21 heavy (non-hydrogen) atoms. The molecule has 116 valence electrons. The van der Waals surface area contributed by atoms with Gasteiger partial charge in [0.1, 0.15) is 11.2 Å². The fraction of sp³-hybridized carbons (Fsp3) is 0.562. The highest BCUT2D eigenvalue weighted by Gasteiger charge is 2.45. The second-order valence-electron chi connectivity index (χ2n) is 6.82. The molecule has 1 aliphatic rings. The summed E-state index contributed by atoms with van der Waals surface area (Å²) in [5, 5.41) is 11.2. The van der Waals surface area contributed by atoms with Crippen molar-refractivity contribution in [3.8, 4) is 0 Å². The summed E-state index contributed by atoms with van der Waals surface area (Å²) in [5.41, 5.74) is 0.610. The van der Waals surface area contributed by atoms with Gasteiger partial charge in [-0.2, -0.15) is 0 Å². The Morgan fingerprint density at radius 3 is 2.57 bits per heavy atom. The molecule has 1 saturated heterocycles. The first-order valence-corrected chi connectivity index (χ1v) is 7.41. The molecule has 1 heterocycles. The Kier molecular flexibility index (Phi) is 4.22. The van der Waals surface area contributed by atoms with Crippen molar-refractivity contribution in [2.24, 2.45) is 0 Å². The number of carbonyl (C=O) groups is 1. The number of ether oxygens (including phenoxy) is 1. The first kappa shape index (κ1) is 16.1. The molecule has 0 atom stereocenters. The van der Waals surface area contributed by atoms with Gasteiger partial charge in [0.2, 0.25) is 0 Å². The second-order valence-corrected chi connectivity index (χ2v) is 7.23. The number of amides is 1. The van der Waals surface area contributed by atoms with Gasteiger partial charge < -0.3 is 14.7 Å². The van der Waals surface area contributed by atoms with E-state index < -0.39 is 11.2 Å². The maximum absolute atomic E-state index is 11.9. The van der Waals surface area contributed by atoms with Crippen LogP contribution >= 0.6 is 11.6 Å². The van der Waals surface area contributed by atoms with Crippen LogP contribution in [0.5, 0.6) is 0 Å². The molecule has 1 N–H and O–H groups in total. The molecule has 1 aliphatic heterocycles. The first-order valence-electron chi connectivity index (χ1n) is 7.03. The van der Waals surface area contributed by atoms with Crippen molar-refractivity contribution in [2.75, 3.05) is 13.1 Å². The highest BCUT2D eigenvalue weighted by molar-refractivity contribution is 6.31. The Bertz CT molecular complexity index is 545. The van der Waals surface area contributed by atoms with Gasteiger partial charge >= 0.3 is 6.09 Å². The van der Waals surface area contributed by atoms with Crippen molar-refractivity contribution >= 4 is 17.7 Å². The number of hydrogen-bond donors (Lipinski definition) is 1. The van der Waals surface area contributed by atoms with Crippen molar-refractivity contribution in [3.05, 3.63) is 34.3 Å². The third kappa shape index (κ3) is 4.11. The number of halogens is 1. The summed E-state index contributed by atoms with van der Waals surface area (Å²) in [6.45, 7) is 8.00. The Hall–Kier alpha value is -1.26. The minimum Gasteiger partial charge on any atom is -0.444 e. The highest BCUT2D eigenvalue weighted by atomic mass is 35.5. The number of carbonyl (C=O) groups excluding carboxylic acids is 1. The summed E-state index contributed by atoms with van der Waals surface area (Å²) in [4.78, 5) is 13.4. The van der Waals surface area contributed by atoms with Crippen molar-refractivity contribution in [1.82, 2.24) is 4.90 Å². The van der Waals surface area contributed by atoms with E-state index in [0.29, 0.717) is 19.5 Å². The zero-order chi connectivity index (χ0) is 15.8. The number of nitrogens with zero attached hydrogens (tertiary/aromatic N) is 1. The van der Waals surface area contributed by atoms with Crippen LogP contribution in [0.3, 0.4) is 0 Å². The topological polar surface area (TPSA) is 49.8 Å². The Morgan fingerprint density at radius 1 is 1.43 bits per heavy atom. The van der Waals surface area contributed by atoms with Gasteiger partial charge in [-0.25, -0.2) is 4.79 Å². The van der Waals surface area contributed by atoms with Crippen LogP contribution in [0.25, 0.3) is 0 Å². The summed E-state index contributed by atoms with van der Waals surface area (Å²) in [7, 11) is 0. The summed E-state index contributed by atoms with van der Waals surface area (Å²) in [6.07, 6.45) is 0.129. The summed E-state index contributed by atoms with van der Waals surface area (Å²) >= 11 is 5.99. The van der Waals surface area contributed by atoms with E-state index in [0.717, 1.165) is 16.1 Å². The predicted molar refractivity (Wildman–Crippen MR) is 82.6 cm³/mol. The number of β-amino-alcohol motifs (C(OH)–C–C–N with tert-alkyl or cyclic N) is 1. The quantitative estimate of drug-likeness (QED) is 0.912. The van der Waals surface area contributed by atoms with Gasteiger partial charge in [-0.1, -0.05) is 23.7 Å². The summed E-state index contributed by atoms with van der Waals surface area (Å²) < 4.78 is 5.28. The number of likely N-dealkylation sites (tertiary alicyclic amines) is 1. The van der Waals surface area contributed by atoms with Crippen LogP contribution in [0, 0.1) is 6.92 Å². The molecule has 1 amide bonds. The average Bonchev–Trinajstić information content (AvgIpc) is 2.28. The number of benzene rings is 1. The van der Waals surface area contributed by atoms with Crippen molar-refractivity contribution in [1.29, 1.82) is 0 Å². The summed E-state index contributed by atoms with van der Waals surface area (Å²) in [5.74, 6) is 0. The van der Waals surface area contributed by atoms with Gasteiger partial charge in [0.15, 0.2) is 0 Å². The van der Waals surface area contributed by atoms with Gasteiger partial charge in [0.25, 0.3) is 0 Å². The van der Waals surface area contributed by atoms with E-state index in [1.165, 1.54) is 4.90 Å². The van der Waals surface area contributed by atoms with Crippen molar-refractivity contribution < 1.29 is 14.6 Å². The van der Waals surface area contributed by atoms with Gasteiger partial charge in [0.05, 0.1) is 13.1 Å². The lowest BCUT2D eigenvalue weighted by Crippen LogP contribution is -2.65. The fourth-order valence-electron chi connectivity index (χ4n) is 2.43. The maximum atomic E-state index is 11.9. The van der Waals surface area contributed by atoms with E-state index in [4.69, 9.17) is 16.3 Å². The van der Waals surface area contributed by atoms with Gasteiger partial charge in [-0.15, -0.1) is 0 Å². The van der Waals surface area contributed by atoms with Crippen LogP contribution in [0.4, 0.5) is 4.79 Å². The molecular weight excluding hydrogens is 290 g/mol. The zero-order valence-electron chi connectivity index (χ0n) is 12.9. The summed E-state index contributed by atoms with van der Waals surface area (Å²) in [6, 6.07) is 5.71. The first-order chi connectivity index (χ1) is 9.58. The SMILES string of the molecule is Cc1cc(CC2(O)CN(C(=O)OC(C)(C)C)C2)ccc1Cl. The average molecular weight is 312 g/mol. The molecule has 1 fully saturated rings. The monoisotopic (exact) mass is 311 g/mol. The maximum Gasteiger partial charge on any atom is 0.410 e. The molecule has 5 heteroatoms. The lowest BCUT2D eigenvalue weighted by molar-refractivity contribution is -0.0973. The molecule has 0 radical (unpaired) electrons. The molecule has 0 unspecified atom stereocenters. The molecule has 0 aromatic heterocycles. The molecular formula is C16H22ClNO3. The second kappa shape index (κ2) is 5.50. The molecule has 1 aromatic rings. The molecule has 0 spiro atoms. The van der Waals surface area contributed by atoms with Gasteiger partial charge in [-0.3, -0.25) is 0 Å². The minimum absolute atomic E-state index is 0.295. The van der Waals surface area contributed by atoms with E-state index in [9.17, 15) is 9.90 Å². The predicted octanol–water partition coefficient (Wildman–Crippen LogP) is 3.17. The van der Waals surface area contributed by atoms with E-state index in [1.807, 2.05) is 45.9 Å². The number of hydrogen-bond acceptors (Lipinski definition) is 3. The third-order valence-corrected chi connectivity index (χ3v) is 3.80. The van der Waals surface area contributed by atoms with Gasteiger partial charge in [0, 0.05) is 11.4 Å². The van der Waals surface area contributed by atoms with Crippen LogP contribution in [0.2, 0.25) is 5.02 Å². The Morgan fingerprint density at radius 2 is 2.05 bits per heavy atom. The lowest BCUT2D eigenvalue weighted by Gasteiger charge is -2.46. The van der Waals surface area contributed by atoms with Crippen LogP contribution in [-0.4, -0.2) is 40.4 Å². The van der Waals surface area contributed by atoms with Crippen LogP contribution < -0.4 is 0 Å². The van der Waals surface area contributed by atoms with Crippen molar-refractivity contribution in [2.45, 2.75) is 45.3 Å². The lowest BCUT2D eigenvalue weighted by atomic mass is 9.87. The number of aryl methyl sites for hydroxylation is 1. The van der Waals surface area contributed by atoms with Crippen LogP contribution in [0.15, 0.2) is 18.2 Å². The minimum atomic E-state index is -0.878. The number of aliphatic hydroxyl groups is 1. The standard InChI is InChI=1S/C16H22ClNO3/c1-11-7-12(5-6-13(11)17)8-16(20)9-18(10-16)14(19)21-15(2,3)4/h5-7,20H,8-10H2,1-4H3. The van der Waals surface area contributed by atoms with Crippen molar-refractivity contribution in [3.63, 3.8) is 0 Å². The molecule has 0 bridgehead atoms. The number of rotatable bonds is 2. The normalized spacial score (nSPS) is 17.3. The molecule has 1 aromatic carbocycles. The molecule has 0 saturated carbocycles. The smallest absolute Gasteiger partial charge is 0.410 e. The van der Waals surface area contributed by atoms with Crippen LogP contribution in [-0.2, 0) is 11.2 Å². The highest BCUT2D eigenvalue weighted by Crippen LogP contribution is 2.28. The largest absolute Gasteiger partial charge is 0.444 e. The van der Waals surface area contributed by atoms with E-state index in [2.05, 4.69) is 0 Å².